The molecule has 0 fully saturated rings. The molecule has 0 saturated heterocycles. The van der Waals surface area contributed by atoms with Crippen LogP contribution >= 0.6 is 0 Å². The predicted octanol–water partition coefficient (Wildman–Crippen LogP) is 3.29. The summed E-state index contributed by atoms with van der Waals surface area (Å²) >= 11 is 0. The van der Waals surface area contributed by atoms with Crippen LogP contribution in [0.25, 0.3) is 6.08 Å². The fraction of sp³-hybridized carbons (Fsp3) is 0.105. The summed E-state index contributed by atoms with van der Waals surface area (Å²) in [7, 11) is 0. The van der Waals surface area contributed by atoms with E-state index in [0.717, 1.165) is 16.7 Å². The Kier molecular flexibility index (Phi) is 5.09. The van der Waals surface area contributed by atoms with Gasteiger partial charge >= 0.3 is 0 Å². The van der Waals surface area contributed by atoms with Crippen LogP contribution in [0.5, 0.6) is 0 Å². The van der Waals surface area contributed by atoms with Crippen molar-refractivity contribution in [2.45, 2.75) is 6.92 Å². The highest BCUT2D eigenvalue weighted by Gasteiger charge is 1.97. The highest BCUT2D eigenvalue weighted by molar-refractivity contribution is 5.94. The normalized spacial score (nSPS) is 10.2. The summed E-state index contributed by atoms with van der Waals surface area (Å²) in [6.07, 6.45) is 3.53. The van der Waals surface area contributed by atoms with E-state index in [4.69, 9.17) is 5.11 Å². The maximum atomic E-state index is 11.2. The lowest BCUT2D eigenvalue weighted by molar-refractivity contribution is 0.101. The first kappa shape index (κ1) is 14.8. The van der Waals surface area contributed by atoms with Gasteiger partial charge in [-0.05, 0) is 30.7 Å². The average Bonchev–Trinajstić information content (AvgIpc) is 2.52. The summed E-state index contributed by atoms with van der Waals surface area (Å²) in [5, 5.41) is 8.85. The molecule has 2 aromatic carbocycles. The molecule has 2 nitrogen and oxygen atoms in total. The SMILES string of the molecule is CC(=O)c1ccc(C#Cc2ccccc2/C=C/CO)cc1. The second kappa shape index (κ2) is 7.23. The first-order chi connectivity index (χ1) is 10.2. The first-order valence-corrected chi connectivity index (χ1v) is 6.70. The zero-order chi connectivity index (χ0) is 15.1. The van der Waals surface area contributed by atoms with Crippen LogP contribution in [0.15, 0.2) is 54.6 Å². The number of carbonyl (C=O) groups is 1. The number of benzene rings is 2. The number of rotatable bonds is 3. The third-order valence-corrected chi connectivity index (χ3v) is 3.00. The van der Waals surface area contributed by atoms with Crippen LogP contribution in [-0.2, 0) is 0 Å². The maximum absolute atomic E-state index is 11.2. The summed E-state index contributed by atoms with van der Waals surface area (Å²) in [5.74, 6) is 6.26. The Morgan fingerprint density at radius 1 is 1.10 bits per heavy atom. The predicted molar refractivity (Wildman–Crippen MR) is 85.0 cm³/mol. The number of hydrogen-bond acceptors (Lipinski definition) is 2. The van der Waals surface area contributed by atoms with Gasteiger partial charge in [0.15, 0.2) is 5.78 Å². The quantitative estimate of drug-likeness (QED) is 0.690. The van der Waals surface area contributed by atoms with Crippen molar-refractivity contribution >= 4 is 11.9 Å². The van der Waals surface area contributed by atoms with Gasteiger partial charge in [0.25, 0.3) is 0 Å². The van der Waals surface area contributed by atoms with E-state index in [1.807, 2.05) is 42.5 Å². The zero-order valence-electron chi connectivity index (χ0n) is 11.8. The fourth-order valence-corrected chi connectivity index (χ4v) is 1.86. The van der Waals surface area contributed by atoms with Gasteiger partial charge in [-0.3, -0.25) is 4.79 Å². The molecule has 0 atom stereocenters. The van der Waals surface area contributed by atoms with E-state index in [2.05, 4.69) is 11.8 Å². The molecule has 0 radical (unpaired) electrons. The minimum atomic E-state index is 0.00821. The molecule has 0 aliphatic rings. The molecule has 2 rings (SSSR count). The molecule has 2 heteroatoms. The second-order valence-electron chi connectivity index (χ2n) is 4.56. The van der Waals surface area contributed by atoms with Crippen molar-refractivity contribution in [3.63, 3.8) is 0 Å². The lowest BCUT2D eigenvalue weighted by Gasteiger charge is -1.98. The van der Waals surface area contributed by atoms with Crippen LogP contribution in [0.2, 0.25) is 0 Å². The lowest BCUT2D eigenvalue weighted by atomic mass is 10.1. The van der Waals surface area contributed by atoms with Crippen LogP contribution in [0, 0.1) is 11.8 Å². The summed E-state index contributed by atoms with van der Waals surface area (Å²) < 4.78 is 0. The van der Waals surface area contributed by atoms with E-state index in [9.17, 15) is 4.79 Å². The minimum Gasteiger partial charge on any atom is -0.392 e. The van der Waals surface area contributed by atoms with Gasteiger partial charge < -0.3 is 5.11 Å². The third kappa shape index (κ3) is 4.17. The van der Waals surface area contributed by atoms with Crippen molar-refractivity contribution < 1.29 is 9.90 Å². The van der Waals surface area contributed by atoms with Crippen molar-refractivity contribution in [1.29, 1.82) is 0 Å². The molecule has 0 saturated carbocycles. The smallest absolute Gasteiger partial charge is 0.159 e. The van der Waals surface area contributed by atoms with Crippen LogP contribution in [-0.4, -0.2) is 17.5 Å². The van der Waals surface area contributed by atoms with Crippen LogP contribution in [0.4, 0.5) is 0 Å². The van der Waals surface area contributed by atoms with Gasteiger partial charge in [0, 0.05) is 16.7 Å². The molecule has 0 aliphatic heterocycles. The molecule has 1 N–H and O–H groups in total. The molecule has 2 aromatic rings. The van der Waals surface area contributed by atoms with E-state index in [-0.39, 0.29) is 12.4 Å². The van der Waals surface area contributed by atoms with Crippen LogP contribution < -0.4 is 0 Å². The van der Waals surface area contributed by atoms with Gasteiger partial charge in [-0.25, -0.2) is 0 Å². The monoisotopic (exact) mass is 276 g/mol. The number of ketones is 1. The van der Waals surface area contributed by atoms with Crippen LogP contribution in [0.1, 0.15) is 34.0 Å². The average molecular weight is 276 g/mol. The number of aliphatic hydroxyl groups excluding tert-OH is 1. The highest BCUT2D eigenvalue weighted by atomic mass is 16.2. The number of hydrogen-bond donors (Lipinski definition) is 1. The lowest BCUT2D eigenvalue weighted by Crippen LogP contribution is -1.90. The molecule has 0 unspecified atom stereocenters. The molecule has 0 spiro atoms. The van der Waals surface area contributed by atoms with Gasteiger partial charge in [-0.15, -0.1) is 0 Å². The Labute approximate surface area is 124 Å². The first-order valence-electron chi connectivity index (χ1n) is 6.70. The van der Waals surface area contributed by atoms with Gasteiger partial charge in [-0.1, -0.05) is 54.3 Å². The topological polar surface area (TPSA) is 37.3 Å². The second-order valence-corrected chi connectivity index (χ2v) is 4.56. The Balaban J connectivity index is 2.26. The molecular weight excluding hydrogens is 260 g/mol. The Hall–Kier alpha value is -2.63. The molecular formula is C19H16O2. The Morgan fingerprint density at radius 3 is 2.48 bits per heavy atom. The zero-order valence-corrected chi connectivity index (χ0v) is 11.8. The molecule has 0 amide bonds. The van der Waals surface area contributed by atoms with E-state index in [0.29, 0.717) is 5.56 Å². The largest absolute Gasteiger partial charge is 0.392 e. The molecule has 0 aromatic heterocycles. The number of carbonyl (C=O) groups excluding carboxylic acids is 1. The summed E-state index contributed by atoms with van der Waals surface area (Å²) in [6, 6.07) is 15.0. The van der Waals surface area contributed by atoms with E-state index in [1.54, 1.807) is 25.1 Å². The van der Waals surface area contributed by atoms with E-state index >= 15 is 0 Å². The van der Waals surface area contributed by atoms with E-state index in [1.165, 1.54) is 0 Å². The van der Waals surface area contributed by atoms with Gasteiger partial charge in [-0.2, -0.15) is 0 Å². The maximum Gasteiger partial charge on any atom is 0.159 e. The summed E-state index contributed by atoms with van der Waals surface area (Å²) in [6.45, 7) is 1.55. The summed E-state index contributed by atoms with van der Waals surface area (Å²) in [5.41, 5.74) is 3.42. The van der Waals surface area contributed by atoms with Crippen molar-refractivity contribution in [2.24, 2.45) is 0 Å². The highest BCUT2D eigenvalue weighted by Crippen LogP contribution is 2.10. The number of Topliss-reactive ketones (excluding diaryl/α,β-unsaturated/α-hetero) is 1. The third-order valence-electron chi connectivity index (χ3n) is 3.00. The van der Waals surface area contributed by atoms with E-state index < -0.39 is 0 Å². The molecule has 21 heavy (non-hydrogen) atoms. The van der Waals surface area contributed by atoms with Crippen molar-refractivity contribution in [1.82, 2.24) is 0 Å². The van der Waals surface area contributed by atoms with Gasteiger partial charge in [0.1, 0.15) is 0 Å². The number of aliphatic hydroxyl groups is 1. The molecule has 0 aliphatic carbocycles. The Morgan fingerprint density at radius 2 is 1.81 bits per heavy atom. The van der Waals surface area contributed by atoms with Crippen molar-refractivity contribution in [3.05, 3.63) is 76.9 Å². The van der Waals surface area contributed by atoms with Crippen molar-refractivity contribution in [2.75, 3.05) is 6.61 Å². The van der Waals surface area contributed by atoms with Gasteiger partial charge in [0.2, 0.25) is 0 Å². The Bertz CT molecular complexity index is 713. The molecule has 0 heterocycles. The molecule has 104 valence electrons. The van der Waals surface area contributed by atoms with Gasteiger partial charge in [0.05, 0.1) is 6.61 Å². The standard InChI is InChI=1S/C19H16O2/c1-15(21)17-11-8-16(9-12-17)10-13-19-6-3-2-5-18(19)7-4-14-20/h2-9,11-12,20H,14H2,1H3/b7-4+. The summed E-state index contributed by atoms with van der Waals surface area (Å²) in [4.78, 5) is 11.2. The fourth-order valence-electron chi connectivity index (χ4n) is 1.86. The van der Waals surface area contributed by atoms with Crippen molar-refractivity contribution in [3.8, 4) is 11.8 Å². The van der Waals surface area contributed by atoms with Crippen LogP contribution in [0.3, 0.4) is 0 Å². The molecule has 0 bridgehead atoms. The minimum absolute atomic E-state index is 0.00821.